The van der Waals surface area contributed by atoms with Gasteiger partial charge in [0, 0.05) is 19.6 Å². The van der Waals surface area contributed by atoms with Crippen molar-refractivity contribution in [2.75, 3.05) is 32.8 Å². The third kappa shape index (κ3) is 5.26. The summed E-state index contributed by atoms with van der Waals surface area (Å²) < 4.78 is 33.5. The minimum absolute atomic E-state index is 0.0832. The molecule has 5 nitrogen and oxygen atoms in total. The minimum Gasteiger partial charge on any atom is -0.371 e. The normalized spacial score (nSPS) is 19.2. The molecule has 1 saturated heterocycles. The SMILES string of the molecule is O=S(=O)(NCCCN1CCOC(c2ccccc2)C1)c1ccc(Cl)s1. The molecule has 0 aliphatic carbocycles. The predicted octanol–water partition coefficient (Wildman–Crippen LogP) is 3.14. The van der Waals surface area contributed by atoms with Gasteiger partial charge < -0.3 is 4.74 Å². The van der Waals surface area contributed by atoms with E-state index in [0.29, 0.717) is 17.5 Å². The molecule has 0 bridgehead atoms. The lowest BCUT2D eigenvalue weighted by molar-refractivity contribution is -0.0300. The van der Waals surface area contributed by atoms with Crippen LogP contribution in [0, 0.1) is 0 Å². The molecule has 1 N–H and O–H groups in total. The van der Waals surface area contributed by atoms with Gasteiger partial charge in [0.15, 0.2) is 0 Å². The van der Waals surface area contributed by atoms with Gasteiger partial charge in [-0.15, -0.1) is 11.3 Å². The van der Waals surface area contributed by atoms with Crippen LogP contribution < -0.4 is 4.72 Å². The van der Waals surface area contributed by atoms with Crippen molar-refractivity contribution in [2.45, 2.75) is 16.7 Å². The zero-order chi connectivity index (χ0) is 17.7. The molecule has 25 heavy (non-hydrogen) atoms. The average Bonchev–Trinajstić information content (AvgIpc) is 3.07. The summed E-state index contributed by atoms with van der Waals surface area (Å²) in [4.78, 5) is 2.32. The standard InChI is InChI=1S/C17H21ClN2O3S2/c18-16-7-8-17(24-16)25(21,22)19-9-4-10-20-11-12-23-15(13-20)14-5-2-1-3-6-14/h1-3,5-8,15,19H,4,9-13H2. The Balaban J connectivity index is 1.44. The second-order valence-corrected chi connectivity index (χ2v) is 9.59. The molecule has 2 heterocycles. The maximum absolute atomic E-state index is 12.1. The number of benzene rings is 1. The largest absolute Gasteiger partial charge is 0.371 e. The van der Waals surface area contributed by atoms with Gasteiger partial charge in [-0.1, -0.05) is 41.9 Å². The van der Waals surface area contributed by atoms with E-state index in [1.54, 1.807) is 6.07 Å². The summed E-state index contributed by atoms with van der Waals surface area (Å²) in [6.45, 7) is 3.64. The van der Waals surface area contributed by atoms with Gasteiger partial charge in [-0.2, -0.15) is 0 Å². The summed E-state index contributed by atoms with van der Waals surface area (Å²) in [6.07, 6.45) is 0.833. The number of sulfonamides is 1. The van der Waals surface area contributed by atoms with Gasteiger partial charge in [-0.3, -0.25) is 4.90 Å². The highest BCUT2D eigenvalue weighted by Gasteiger charge is 2.22. The molecule has 1 atom stereocenters. The summed E-state index contributed by atoms with van der Waals surface area (Å²) in [5.41, 5.74) is 1.18. The molecule has 0 saturated carbocycles. The second-order valence-electron chi connectivity index (χ2n) is 5.88. The molecule has 8 heteroatoms. The van der Waals surface area contributed by atoms with Crippen LogP contribution in [0.3, 0.4) is 0 Å². The van der Waals surface area contributed by atoms with Gasteiger partial charge in [0.05, 0.1) is 17.0 Å². The first-order valence-electron chi connectivity index (χ1n) is 8.18. The van der Waals surface area contributed by atoms with Crippen molar-refractivity contribution in [2.24, 2.45) is 0 Å². The van der Waals surface area contributed by atoms with Crippen molar-refractivity contribution < 1.29 is 13.2 Å². The lowest BCUT2D eigenvalue weighted by Gasteiger charge is -2.33. The molecule has 3 rings (SSSR count). The van der Waals surface area contributed by atoms with E-state index in [-0.39, 0.29) is 10.3 Å². The van der Waals surface area contributed by atoms with Crippen molar-refractivity contribution in [3.05, 3.63) is 52.4 Å². The van der Waals surface area contributed by atoms with E-state index < -0.39 is 10.0 Å². The maximum Gasteiger partial charge on any atom is 0.250 e. The Morgan fingerprint density at radius 1 is 1.24 bits per heavy atom. The first-order chi connectivity index (χ1) is 12.0. The average molecular weight is 401 g/mol. The van der Waals surface area contributed by atoms with Crippen molar-refractivity contribution in [3.8, 4) is 0 Å². The van der Waals surface area contributed by atoms with Crippen LogP contribution in [0.15, 0.2) is 46.7 Å². The number of morpholine rings is 1. The first kappa shape index (κ1) is 18.8. The number of rotatable bonds is 7. The van der Waals surface area contributed by atoms with E-state index in [1.807, 2.05) is 18.2 Å². The van der Waals surface area contributed by atoms with E-state index in [4.69, 9.17) is 16.3 Å². The fourth-order valence-corrected chi connectivity index (χ4v) is 5.40. The molecule has 1 aromatic heterocycles. The van der Waals surface area contributed by atoms with Crippen molar-refractivity contribution in [1.82, 2.24) is 9.62 Å². The topological polar surface area (TPSA) is 58.6 Å². The number of hydrogen-bond donors (Lipinski definition) is 1. The van der Waals surface area contributed by atoms with Gasteiger partial charge in [-0.25, -0.2) is 13.1 Å². The van der Waals surface area contributed by atoms with Gasteiger partial charge in [0.2, 0.25) is 10.0 Å². The van der Waals surface area contributed by atoms with Crippen LogP contribution in [0.1, 0.15) is 18.1 Å². The monoisotopic (exact) mass is 400 g/mol. The fourth-order valence-electron chi connectivity index (χ4n) is 2.80. The Labute approximate surface area is 157 Å². The summed E-state index contributed by atoms with van der Waals surface area (Å²) >= 11 is 6.87. The fraction of sp³-hybridized carbons (Fsp3) is 0.412. The smallest absolute Gasteiger partial charge is 0.250 e. The van der Waals surface area contributed by atoms with Gasteiger partial charge in [0.1, 0.15) is 4.21 Å². The van der Waals surface area contributed by atoms with E-state index in [2.05, 4.69) is 21.8 Å². The number of halogens is 1. The molecule has 0 amide bonds. The molecular weight excluding hydrogens is 380 g/mol. The molecule has 1 aliphatic rings. The highest BCUT2D eigenvalue weighted by Crippen LogP contribution is 2.25. The zero-order valence-electron chi connectivity index (χ0n) is 13.7. The quantitative estimate of drug-likeness (QED) is 0.725. The van der Waals surface area contributed by atoms with Crippen molar-refractivity contribution in [3.63, 3.8) is 0 Å². The second kappa shape index (κ2) is 8.62. The predicted molar refractivity (Wildman–Crippen MR) is 101 cm³/mol. The van der Waals surface area contributed by atoms with E-state index >= 15 is 0 Å². The molecular formula is C17H21ClN2O3S2. The summed E-state index contributed by atoms with van der Waals surface area (Å²) in [6, 6.07) is 13.3. The molecule has 2 aromatic rings. The first-order valence-corrected chi connectivity index (χ1v) is 10.9. The van der Waals surface area contributed by atoms with E-state index in [0.717, 1.165) is 37.4 Å². The van der Waals surface area contributed by atoms with Gasteiger partial charge in [0.25, 0.3) is 0 Å². The number of hydrogen-bond acceptors (Lipinski definition) is 5. The summed E-state index contributed by atoms with van der Waals surface area (Å²) in [5, 5.41) is 0. The molecule has 1 fully saturated rings. The Kier molecular flexibility index (Phi) is 6.49. The molecule has 0 spiro atoms. The molecule has 1 aliphatic heterocycles. The van der Waals surface area contributed by atoms with Crippen LogP contribution in [-0.4, -0.2) is 46.1 Å². The van der Waals surface area contributed by atoms with E-state index in [1.165, 1.54) is 11.6 Å². The Bertz CT molecular complexity index is 780. The van der Waals surface area contributed by atoms with Crippen molar-refractivity contribution >= 4 is 33.0 Å². The molecule has 0 radical (unpaired) electrons. The summed E-state index contributed by atoms with van der Waals surface area (Å²) in [5.74, 6) is 0. The maximum atomic E-state index is 12.1. The van der Waals surface area contributed by atoms with Crippen LogP contribution in [0.4, 0.5) is 0 Å². The highest BCUT2D eigenvalue weighted by atomic mass is 35.5. The Hall–Kier alpha value is -0.960. The van der Waals surface area contributed by atoms with Crippen LogP contribution in [0.2, 0.25) is 4.34 Å². The van der Waals surface area contributed by atoms with Crippen LogP contribution >= 0.6 is 22.9 Å². The van der Waals surface area contributed by atoms with Gasteiger partial charge in [-0.05, 0) is 30.7 Å². The number of thiophene rings is 1. The van der Waals surface area contributed by atoms with Gasteiger partial charge >= 0.3 is 0 Å². The van der Waals surface area contributed by atoms with Crippen LogP contribution in [-0.2, 0) is 14.8 Å². The third-order valence-electron chi connectivity index (χ3n) is 4.08. The number of nitrogens with one attached hydrogen (secondary N) is 1. The van der Waals surface area contributed by atoms with E-state index in [9.17, 15) is 8.42 Å². The van der Waals surface area contributed by atoms with Crippen LogP contribution in [0.25, 0.3) is 0 Å². The molecule has 1 unspecified atom stereocenters. The lowest BCUT2D eigenvalue weighted by atomic mass is 10.1. The number of nitrogens with zero attached hydrogens (tertiary/aromatic N) is 1. The molecule has 1 aromatic carbocycles. The minimum atomic E-state index is -3.46. The van der Waals surface area contributed by atoms with Crippen LogP contribution in [0.5, 0.6) is 0 Å². The molecule has 136 valence electrons. The highest BCUT2D eigenvalue weighted by molar-refractivity contribution is 7.91. The Morgan fingerprint density at radius 2 is 2.04 bits per heavy atom. The van der Waals surface area contributed by atoms with Crippen molar-refractivity contribution in [1.29, 1.82) is 0 Å². The Morgan fingerprint density at radius 3 is 2.76 bits per heavy atom. The number of ether oxygens (including phenoxy) is 1. The lowest BCUT2D eigenvalue weighted by Crippen LogP contribution is -2.39. The zero-order valence-corrected chi connectivity index (χ0v) is 16.1. The third-order valence-corrected chi connectivity index (χ3v) is 7.26. The summed E-state index contributed by atoms with van der Waals surface area (Å²) in [7, 11) is -3.46.